The smallest absolute Gasteiger partial charge is 0.326 e. The average Bonchev–Trinajstić information content (AvgIpc) is 2.34. The minimum atomic E-state index is -1.41. The van der Waals surface area contributed by atoms with Crippen LogP contribution in [0.3, 0.4) is 0 Å². The lowest BCUT2D eigenvalue weighted by molar-refractivity contribution is -0.140. The van der Waals surface area contributed by atoms with Gasteiger partial charge in [-0.15, -0.1) is 0 Å². The lowest BCUT2D eigenvalue weighted by Crippen LogP contribution is -2.51. The quantitative estimate of drug-likeness (QED) is 0.381. The molecular formula is C11H20N4O5. The Kier molecular flexibility index (Phi) is 6.47. The van der Waals surface area contributed by atoms with Crippen LogP contribution in [0.25, 0.3) is 0 Å². The number of amides is 4. The summed E-state index contributed by atoms with van der Waals surface area (Å²) in [5.74, 6) is -2.49. The zero-order valence-electron chi connectivity index (χ0n) is 11.6. The van der Waals surface area contributed by atoms with Crippen molar-refractivity contribution in [3.8, 4) is 0 Å². The molecule has 0 radical (unpaired) electrons. The minimum Gasteiger partial charge on any atom is -0.480 e. The monoisotopic (exact) mass is 288 g/mol. The number of nitrogens with two attached hydrogens (primary N) is 1. The van der Waals surface area contributed by atoms with Gasteiger partial charge in [-0.1, -0.05) is 0 Å². The van der Waals surface area contributed by atoms with Crippen LogP contribution in [-0.4, -0.2) is 48.6 Å². The van der Waals surface area contributed by atoms with E-state index in [0.717, 1.165) is 0 Å². The van der Waals surface area contributed by atoms with Crippen LogP contribution in [0.5, 0.6) is 0 Å². The second kappa shape index (κ2) is 7.31. The van der Waals surface area contributed by atoms with Crippen LogP contribution in [0.15, 0.2) is 0 Å². The third-order valence-electron chi connectivity index (χ3n) is 2.54. The third-order valence-corrected chi connectivity index (χ3v) is 2.54. The average molecular weight is 288 g/mol. The first kappa shape index (κ1) is 17.7. The van der Waals surface area contributed by atoms with Crippen molar-refractivity contribution in [1.29, 1.82) is 0 Å². The van der Waals surface area contributed by atoms with Crippen LogP contribution >= 0.6 is 0 Å². The number of carboxylic acids is 1. The fraction of sp³-hybridized carbons (Fsp3) is 0.636. The van der Waals surface area contributed by atoms with Gasteiger partial charge in [-0.05, 0) is 13.8 Å². The molecule has 0 bridgehead atoms. The number of carbonyl (C=O) groups excluding carboxylic acids is 3. The molecule has 0 aliphatic carbocycles. The lowest BCUT2D eigenvalue weighted by Gasteiger charge is -2.23. The van der Waals surface area contributed by atoms with Crippen molar-refractivity contribution in [1.82, 2.24) is 16.0 Å². The molecule has 1 atom stereocenters. The summed E-state index contributed by atoms with van der Waals surface area (Å²) in [5, 5.41) is 15.7. The van der Waals surface area contributed by atoms with Crippen molar-refractivity contribution in [3.05, 3.63) is 0 Å². The van der Waals surface area contributed by atoms with E-state index in [-0.39, 0.29) is 12.5 Å². The molecule has 9 nitrogen and oxygen atoms in total. The Labute approximate surface area is 116 Å². The molecule has 6 N–H and O–H groups in total. The number of primary amides is 1. The topological polar surface area (TPSA) is 151 Å². The molecule has 0 fully saturated rings. The molecule has 0 heterocycles. The van der Waals surface area contributed by atoms with Crippen molar-refractivity contribution in [2.24, 2.45) is 11.1 Å². The number of carboxylic acid groups (broad SMARTS) is 1. The number of urea groups is 1. The number of hydrogen-bond acceptors (Lipinski definition) is 4. The largest absolute Gasteiger partial charge is 0.480 e. The van der Waals surface area contributed by atoms with Crippen LogP contribution < -0.4 is 21.7 Å². The Morgan fingerprint density at radius 3 is 2.20 bits per heavy atom. The van der Waals surface area contributed by atoms with Gasteiger partial charge in [0.05, 0.1) is 11.8 Å². The summed E-state index contributed by atoms with van der Waals surface area (Å²) in [6.45, 7) is 3.23. The highest BCUT2D eigenvalue weighted by Crippen LogP contribution is 2.12. The van der Waals surface area contributed by atoms with Gasteiger partial charge in [-0.2, -0.15) is 0 Å². The predicted octanol–water partition coefficient (Wildman–Crippen LogP) is -1.61. The Morgan fingerprint density at radius 2 is 1.80 bits per heavy atom. The first-order valence-corrected chi connectivity index (χ1v) is 5.88. The second-order valence-corrected chi connectivity index (χ2v) is 4.85. The Bertz CT molecular complexity index is 408. The van der Waals surface area contributed by atoms with Crippen LogP contribution in [-0.2, 0) is 14.4 Å². The molecule has 0 aliphatic heterocycles. The highest BCUT2D eigenvalue weighted by molar-refractivity contribution is 5.88. The van der Waals surface area contributed by atoms with Crippen LogP contribution in [0.1, 0.15) is 20.3 Å². The molecule has 0 saturated heterocycles. The van der Waals surface area contributed by atoms with Gasteiger partial charge in [-0.3, -0.25) is 9.59 Å². The van der Waals surface area contributed by atoms with Gasteiger partial charge in [-0.25, -0.2) is 9.59 Å². The number of hydrogen-bond donors (Lipinski definition) is 5. The first-order chi connectivity index (χ1) is 9.10. The maximum absolute atomic E-state index is 11.5. The van der Waals surface area contributed by atoms with Gasteiger partial charge in [0.25, 0.3) is 0 Å². The van der Waals surface area contributed by atoms with Crippen molar-refractivity contribution in [2.45, 2.75) is 26.3 Å². The van der Waals surface area contributed by atoms with Gasteiger partial charge in [0.1, 0.15) is 6.04 Å². The normalized spacial score (nSPS) is 12.2. The number of rotatable bonds is 7. The fourth-order valence-electron chi connectivity index (χ4n) is 1.33. The van der Waals surface area contributed by atoms with Gasteiger partial charge < -0.3 is 26.8 Å². The molecule has 20 heavy (non-hydrogen) atoms. The Morgan fingerprint density at radius 1 is 1.25 bits per heavy atom. The standard InChI is InChI=1S/C11H20N4O5/c1-11(2,9(19)13-3)5-14-10(20)15-6(8(17)18)4-7(12)16/h6H,4-5H2,1-3H3,(H2,12,16)(H,13,19)(H,17,18)(H2,14,15,20). The summed E-state index contributed by atoms with van der Waals surface area (Å²) < 4.78 is 0. The summed E-state index contributed by atoms with van der Waals surface area (Å²) in [7, 11) is 1.47. The maximum Gasteiger partial charge on any atom is 0.326 e. The van der Waals surface area contributed by atoms with E-state index in [2.05, 4.69) is 16.0 Å². The fourth-order valence-corrected chi connectivity index (χ4v) is 1.33. The molecular weight excluding hydrogens is 268 g/mol. The summed E-state index contributed by atoms with van der Waals surface area (Å²) >= 11 is 0. The van der Waals surface area contributed by atoms with Crippen LogP contribution in [0.2, 0.25) is 0 Å². The Balaban J connectivity index is 4.44. The lowest BCUT2D eigenvalue weighted by atomic mass is 9.92. The number of aliphatic carboxylic acids is 1. The number of nitrogens with one attached hydrogen (secondary N) is 3. The van der Waals surface area contributed by atoms with Gasteiger partial charge in [0.15, 0.2) is 0 Å². The molecule has 0 aromatic rings. The first-order valence-electron chi connectivity index (χ1n) is 5.88. The minimum absolute atomic E-state index is 0.00141. The molecule has 9 heteroatoms. The maximum atomic E-state index is 11.5. The zero-order chi connectivity index (χ0) is 15.9. The van der Waals surface area contributed by atoms with E-state index in [1.54, 1.807) is 13.8 Å². The molecule has 0 aromatic carbocycles. The van der Waals surface area contributed by atoms with Gasteiger partial charge in [0.2, 0.25) is 11.8 Å². The van der Waals surface area contributed by atoms with Crippen molar-refractivity contribution in [2.75, 3.05) is 13.6 Å². The third kappa shape index (κ3) is 6.03. The molecule has 0 spiro atoms. The van der Waals surface area contributed by atoms with E-state index in [9.17, 15) is 19.2 Å². The zero-order valence-corrected chi connectivity index (χ0v) is 11.6. The molecule has 1 unspecified atom stereocenters. The van der Waals surface area contributed by atoms with E-state index in [1.165, 1.54) is 7.05 Å². The second-order valence-electron chi connectivity index (χ2n) is 4.85. The molecule has 4 amide bonds. The molecule has 114 valence electrons. The predicted molar refractivity (Wildman–Crippen MR) is 69.6 cm³/mol. The van der Waals surface area contributed by atoms with E-state index < -0.39 is 35.8 Å². The molecule has 0 aromatic heterocycles. The van der Waals surface area contributed by atoms with Crippen LogP contribution in [0, 0.1) is 5.41 Å². The molecule has 0 rings (SSSR count). The van der Waals surface area contributed by atoms with E-state index in [4.69, 9.17) is 10.8 Å². The van der Waals surface area contributed by atoms with E-state index >= 15 is 0 Å². The van der Waals surface area contributed by atoms with E-state index in [0.29, 0.717) is 0 Å². The highest BCUT2D eigenvalue weighted by Gasteiger charge is 2.28. The summed E-state index contributed by atoms with van der Waals surface area (Å²) in [4.78, 5) is 44.5. The molecule has 0 saturated carbocycles. The van der Waals surface area contributed by atoms with Gasteiger partial charge in [0, 0.05) is 13.6 Å². The van der Waals surface area contributed by atoms with E-state index in [1.807, 2.05) is 0 Å². The summed E-state index contributed by atoms with van der Waals surface area (Å²) in [6, 6.07) is -2.20. The van der Waals surface area contributed by atoms with Crippen LogP contribution in [0.4, 0.5) is 4.79 Å². The van der Waals surface area contributed by atoms with Gasteiger partial charge >= 0.3 is 12.0 Å². The number of carbonyl (C=O) groups is 4. The SMILES string of the molecule is CNC(=O)C(C)(C)CNC(=O)NC(CC(N)=O)C(=O)O. The molecule has 0 aliphatic rings. The van der Waals surface area contributed by atoms with Crippen molar-refractivity contribution in [3.63, 3.8) is 0 Å². The summed E-state index contributed by atoms with van der Waals surface area (Å²) in [5.41, 5.74) is 4.03. The highest BCUT2D eigenvalue weighted by atomic mass is 16.4. The van der Waals surface area contributed by atoms with Crippen molar-refractivity contribution < 1.29 is 24.3 Å². The Hall–Kier alpha value is -2.32. The van der Waals surface area contributed by atoms with Crippen molar-refractivity contribution >= 4 is 23.8 Å². The summed E-state index contributed by atoms with van der Waals surface area (Å²) in [6.07, 6.45) is -0.512.